The molecular weight excluding hydrogens is 268 g/mol. The second-order valence-corrected chi connectivity index (χ2v) is 6.50. The highest BCUT2D eigenvalue weighted by Gasteiger charge is 2.24. The number of aromatic amines is 1. The zero-order valence-corrected chi connectivity index (χ0v) is 12.0. The van der Waals surface area contributed by atoms with E-state index in [0.29, 0.717) is 36.1 Å². The SMILES string of the molecule is O=c1c2[nH]cnc2n(CC2CCC2)c(=O)n1CC1CCC1. The molecule has 112 valence electrons. The van der Waals surface area contributed by atoms with Gasteiger partial charge >= 0.3 is 5.69 Å². The van der Waals surface area contributed by atoms with Gasteiger partial charge in [-0.3, -0.25) is 13.9 Å². The number of nitrogens with one attached hydrogen (secondary N) is 1. The Labute approximate surface area is 121 Å². The lowest BCUT2D eigenvalue weighted by molar-refractivity contribution is 0.255. The van der Waals surface area contributed by atoms with Gasteiger partial charge in [0.15, 0.2) is 5.65 Å². The largest absolute Gasteiger partial charge is 0.339 e. The van der Waals surface area contributed by atoms with Gasteiger partial charge in [-0.25, -0.2) is 9.78 Å². The van der Waals surface area contributed by atoms with Crippen molar-refractivity contribution >= 4 is 11.2 Å². The summed E-state index contributed by atoms with van der Waals surface area (Å²) in [6, 6.07) is 0. The number of hydrogen-bond donors (Lipinski definition) is 1. The maximum atomic E-state index is 12.7. The summed E-state index contributed by atoms with van der Waals surface area (Å²) in [6.45, 7) is 1.24. The van der Waals surface area contributed by atoms with Crippen molar-refractivity contribution in [2.75, 3.05) is 0 Å². The number of rotatable bonds is 4. The summed E-state index contributed by atoms with van der Waals surface area (Å²) in [5.41, 5.74) is 0.581. The monoisotopic (exact) mass is 288 g/mol. The first-order valence-electron chi connectivity index (χ1n) is 7.91. The zero-order valence-electron chi connectivity index (χ0n) is 12.0. The molecule has 0 atom stereocenters. The molecule has 2 aromatic rings. The van der Waals surface area contributed by atoms with E-state index in [0.717, 1.165) is 12.8 Å². The molecule has 0 unspecified atom stereocenters. The number of imidazole rings is 1. The van der Waals surface area contributed by atoms with Gasteiger partial charge in [-0.2, -0.15) is 0 Å². The van der Waals surface area contributed by atoms with Crippen LogP contribution in [0.4, 0.5) is 0 Å². The normalized spacial score (nSPS) is 19.6. The summed E-state index contributed by atoms with van der Waals surface area (Å²) < 4.78 is 3.12. The van der Waals surface area contributed by atoms with E-state index in [1.54, 1.807) is 4.57 Å². The Morgan fingerprint density at radius 2 is 1.67 bits per heavy atom. The van der Waals surface area contributed by atoms with Crippen LogP contribution in [0.2, 0.25) is 0 Å². The first-order chi connectivity index (χ1) is 10.2. The summed E-state index contributed by atoms with van der Waals surface area (Å²) in [5, 5.41) is 0. The van der Waals surface area contributed by atoms with Crippen molar-refractivity contribution in [3.63, 3.8) is 0 Å². The average molecular weight is 288 g/mol. The summed E-state index contributed by atoms with van der Waals surface area (Å²) in [7, 11) is 0. The molecule has 2 aromatic heterocycles. The van der Waals surface area contributed by atoms with Crippen LogP contribution in [0.15, 0.2) is 15.9 Å². The van der Waals surface area contributed by atoms with Crippen LogP contribution in [0.1, 0.15) is 38.5 Å². The Morgan fingerprint density at radius 3 is 2.24 bits per heavy atom. The molecule has 0 spiro atoms. The molecule has 21 heavy (non-hydrogen) atoms. The first kappa shape index (κ1) is 12.9. The van der Waals surface area contributed by atoms with Crippen molar-refractivity contribution in [3.05, 3.63) is 27.2 Å². The Morgan fingerprint density at radius 1 is 1.05 bits per heavy atom. The molecule has 0 bridgehead atoms. The predicted octanol–water partition coefficient (Wildman–Crippen LogP) is 1.49. The summed E-state index contributed by atoms with van der Waals surface area (Å²) in [6.07, 6.45) is 8.54. The molecule has 2 fully saturated rings. The molecule has 0 aliphatic heterocycles. The standard InChI is InChI=1S/C15H20N4O2/c20-14-12-13(17-9-16-12)18(7-10-3-1-4-10)15(21)19(14)8-11-5-2-6-11/h9-11H,1-8H2,(H,16,17). The van der Waals surface area contributed by atoms with E-state index < -0.39 is 0 Å². The Bertz CT molecular complexity index is 777. The number of H-pyrrole nitrogens is 1. The van der Waals surface area contributed by atoms with Crippen LogP contribution in [0.5, 0.6) is 0 Å². The fraction of sp³-hybridized carbons (Fsp3) is 0.667. The Balaban J connectivity index is 1.83. The lowest BCUT2D eigenvalue weighted by atomic mass is 9.85. The number of nitrogens with zero attached hydrogens (tertiary/aromatic N) is 3. The molecule has 2 aliphatic carbocycles. The predicted molar refractivity (Wildman–Crippen MR) is 79.3 cm³/mol. The maximum Gasteiger partial charge on any atom is 0.332 e. The van der Waals surface area contributed by atoms with Crippen LogP contribution < -0.4 is 11.2 Å². The van der Waals surface area contributed by atoms with Gasteiger partial charge in [0.05, 0.1) is 6.33 Å². The van der Waals surface area contributed by atoms with Crippen molar-refractivity contribution in [1.82, 2.24) is 19.1 Å². The molecule has 0 saturated heterocycles. The number of aromatic nitrogens is 4. The van der Waals surface area contributed by atoms with E-state index in [9.17, 15) is 9.59 Å². The van der Waals surface area contributed by atoms with E-state index in [1.165, 1.54) is 36.6 Å². The minimum Gasteiger partial charge on any atom is -0.339 e. The molecule has 0 amide bonds. The van der Waals surface area contributed by atoms with Gasteiger partial charge in [-0.05, 0) is 37.5 Å². The zero-order chi connectivity index (χ0) is 14.4. The Hall–Kier alpha value is -1.85. The van der Waals surface area contributed by atoms with Crippen LogP contribution in [0.3, 0.4) is 0 Å². The highest BCUT2D eigenvalue weighted by atomic mass is 16.2. The van der Waals surface area contributed by atoms with E-state index in [4.69, 9.17) is 0 Å². The lowest BCUT2D eigenvalue weighted by Gasteiger charge is -2.28. The van der Waals surface area contributed by atoms with E-state index in [2.05, 4.69) is 9.97 Å². The number of hydrogen-bond acceptors (Lipinski definition) is 3. The van der Waals surface area contributed by atoms with Crippen molar-refractivity contribution < 1.29 is 0 Å². The highest BCUT2D eigenvalue weighted by molar-refractivity contribution is 5.68. The van der Waals surface area contributed by atoms with Crippen LogP contribution in [-0.2, 0) is 13.1 Å². The smallest absolute Gasteiger partial charge is 0.332 e. The second-order valence-electron chi connectivity index (χ2n) is 6.50. The lowest BCUT2D eigenvalue weighted by Crippen LogP contribution is -2.43. The average Bonchev–Trinajstić information content (AvgIpc) is 2.83. The fourth-order valence-electron chi connectivity index (χ4n) is 3.30. The molecule has 2 aliphatic rings. The third-order valence-electron chi connectivity index (χ3n) is 5.13. The molecular formula is C15H20N4O2. The molecule has 6 nitrogen and oxygen atoms in total. The van der Waals surface area contributed by atoms with E-state index >= 15 is 0 Å². The minimum atomic E-state index is -0.218. The van der Waals surface area contributed by atoms with E-state index in [-0.39, 0.29) is 11.2 Å². The first-order valence-corrected chi connectivity index (χ1v) is 7.91. The van der Waals surface area contributed by atoms with Crippen LogP contribution in [0, 0.1) is 11.8 Å². The van der Waals surface area contributed by atoms with Crippen LogP contribution in [0.25, 0.3) is 11.2 Å². The molecule has 6 heteroatoms. The molecule has 1 N–H and O–H groups in total. The third-order valence-corrected chi connectivity index (χ3v) is 5.13. The van der Waals surface area contributed by atoms with Crippen molar-refractivity contribution in [3.8, 4) is 0 Å². The molecule has 2 heterocycles. The highest BCUT2D eigenvalue weighted by Crippen LogP contribution is 2.28. The summed E-state index contributed by atoms with van der Waals surface area (Å²) in [5.74, 6) is 1.03. The third kappa shape index (κ3) is 2.04. The quantitative estimate of drug-likeness (QED) is 0.926. The van der Waals surface area contributed by atoms with Gasteiger partial charge in [-0.1, -0.05) is 12.8 Å². The number of fused-ring (bicyclic) bond motifs is 1. The van der Waals surface area contributed by atoms with Gasteiger partial charge in [0.1, 0.15) is 5.52 Å². The summed E-state index contributed by atoms with van der Waals surface area (Å²) in [4.78, 5) is 32.3. The Kier molecular flexibility index (Phi) is 2.97. The second kappa shape index (κ2) is 4.86. The van der Waals surface area contributed by atoms with Gasteiger partial charge in [-0.15, -0.1) is 0 Å². The molecule has 0 aromatic carbocycles. The van der Waals surface area contributed by atoms with Crippen LogP contribution in [-0.4, -0.2) is 19.1 Å². The molecule has 4 rings (SSSR count). The van der Waals surface area contributed by atoms with Gasteiger partial charge < -0.3 is 4.98 Å². The van der Waals surface area contributed by atoms with Gasteiger partial charge in [0.25, 0.3) is 5.56 Å². The van der Waals surface area contributed by atoms with Gasteiger partial charge in [0.2, 0.25) is 0 Å². The summed E-state index contributed by atoms with van der Waals surface area (Å²) >= 11 is 0. The van der Waals surface area contributed by atoms with E-state index in [1.807, 2.05) is 0 Å². The fourth-order valence-corrected chi connectivity index (χ4v) is 3.30. The maximum absolute atomic E-state index is 12.7. The van der Waals surface area contributed by atoms with Gasteiger partial charge in [0, 0.05) is 13.1 Å². The van der Waals surface area contributed by atoms with Crippen molar-refractivity contribution in [1.29, 1.82) is 0 Å². The van der Waals surface area contributed by atoms with Crippen LogP contribution >= 0.6 is 0 Å². The van der Waals surface area contributed by atoms with Crippen molar-refractivity contribution in [2.45, 2.75) is 51.6 Å². The molecule has 0 radical (unpaired) electrons. The minimum absolute atomic E-state index is 0.182. The molecule has 2 saturated carbocycles. The van der Waals surface area contributed by atoms with Crippen molar-refractivity contribution in [2.24, 2.45) is 11.8 Å². The topological polar surface area (TPSA) is 72.7 Å².